The largest absolute Gasteiger partial charge is 0.383 e. The molecule has 3 heteroatoms. The van der Waals surface area contributed by atoms with Crippen LogP contribution >= 0.6 is 0 Å². The molecule has 1 aliphatic rings. The number of methoxy groups -OCH3 is 1. The first-order valence-corrected chi connectivity index (χ1v) is 6.90. The molecular weight excluding hydrogens is 214 g/mol. The van der Waals surface area contributed by atoms with E-state index in [1.165, 1.54) is 19.3 Å². The zero-order valence-electron chi connectivity index (χ0n) is 11.9. The van der Waals surface area contributed by atoms with Gasteiger partial charge in [-0.25, -0.2) is 0 Å². The zero-order chi connectivity index (χ0) is 12.7. The lowest BCUT2D eigenvalue weighted by Gasteiger charge is -2.36. The maximum Gasteiger partial charge on any atom is 0.0587 e. The summed E-state index contributed by atoms with van der Waals surface area (Å²) in [5, 5.41) is 3.50. The van der Waals surface area contributed by atoms with E-state index in [1.54, 1.807) is 7.11 Å². The minimum Gasteiger partial charge on any atom is -0.383 e. The first kappa shape index (κ1) is 14.9. The Hall–Kier alpha value is -0.120. The van der Waals surface area contributed by atoms with Gasteiger partial charge < -0.3 is 14.8 Å². The van der Waals surface area contributed by atoms with Crippen molar-refractivity contribution in [3.8, 4) is 0 Å². The molecule has 0 amide bonds. The van der Waals surface area contributed by atoms with E-state index in [0.29, 0.717) is 17.4 Å². The van der Waals surface area contributed by atoms with Crippen molar-refractivity contribution in [2.24, 2.45) is 11.3 Å². The van der Waals surface area contributed by atoms with Gasteiger partial charge >= 0.3 is 0 Å². The molecule has 2 atom stereocenters. The SMILES string of the molecule is COCCNCC(C)(CC1CCCO1)C(C)C. The van der Waals surface area contributed by atoms with Crippen molar-refractivity contribution in [2.45, 2.75) is 46.1 Å². The Morgan fingerprint density at radius 2 is 2.24 bits per heavy atom. The summed E-state index contributed by atoms with van der Waals surface area (Å²) in [5.74, 6) is 0.668. The van der Waals surface area contributed by atoms with E-state index < -0.39 is 0 Å². The average molecular weight is 243 g/mol. The van der Waals surface area contributed by atoms with E-state index in [2.05, 4.69) is 26.1 Å². The van der Waals surface area contributed by atoms with Crippen molar-refractivity contribution >= 4 is 0 Å². The lowest BCUT2D eigenvalue weighted by atomic mass is 9.74. The molecule has 1 rings (SSSR count). The minimum atomic E-state index is 0.322. The van der Waals surface area contributed by atoms with Crippen molar-refractivity contribution in [1.82, 2.24) is 5.32 Å². The van der Waals surface area contributed by atoms with Gasteiger partial charge in [0.2, 0.25) is 0 Å². The Labute approximate surface area is 106 Å². The molecule has 0 spiro atoms. The van der Waals surface area contributed by atoms with E-state index >= 15 is 0 Å². The van der Waals surface area contributed by atoms with Crippen molar-refractivity contribution < 1.29 is 9.47 Å². The third-order valence-corrected chi connectivity index (χ3v) is 4.12. The van der Waals surface area contributed by atoms with Gasteiger partial charge in [-0.05, 0) is 30.6 Å². The summed E-state index contributed by atoms with van der Waals surface area (Å²) < 4.78 is 10.8. The van der Waals surface area contributed by atoms with E-state index in [0.717, 1.165) is 26.3 Å². The van der Waals surface area contributed by atoms with Crippen LogP contribution in [0.1, 0.15) is 40.0 Å². The van der Waals surface area contributed by atoms with Gasteiger partial charge in [0.15, 0.2) is 0 Å². The molecule has 3 nitrogen and oxygen atoms in total. The molecule has 0 aromatic rings. The molecule has 1 fully saturated rings. The second-order valence-electron chi connectivity index (χ2n) is 5.82. The monoisotopic (exact) mass is 243 g/mol. The molecule has 0 aromatic heterocycles. The summed E-state index contributed by atoms with van der Waals surface area (Å²) in [6.07, 6.45) is 4.12. The van der Waals surface area contributed by atoms with Crippen LogP contribution in [0, 0.1) is 11.3 Å². The second-order valence-corrected chi connectivity index (χ2v) is 5.82. The first-order chi connectivity index (χ1) is 8.08. The summed E-state index contributed by atoms with van der Waals surface area (Å²) in [6.45, 7) is 10.7. The summed E-state index contributed by atoms with van der Waals surface area (Å²) in [4.78, 5) is 0. The molecule has 1 N–H and O–H groups in total. The van der Waals surface area contributed by atoms with Gasteiger partial charge in [-0.2, -0.15) is 0 Å². The molecule has 1 aliphatic heterocycles. The summed E-state index contributed by atoms with van der Waals surface area (Å²) >= 11 is 0. The minimum absolute atomic E-state index is 0.322. The van der Waals surface area contributed by atoms with Crippen LogP contribution in [0.2, 0.25) is 0 Å². The lowest BCUT2D eigenvalue weighted by Crippen LogP contribution is -2.39. The second kappa shape index (κ2) is 7.34. The Balaban J connectivity index is 2.37. The topological polar surface area (TPSA) is 30.5 Å². The van der Waals surface area contributed by atoms with Crippen LogP contribution in [-0.2, 0) is 9.47 Å². The molecule has 0 saturated carbocycles. The maximum atomic E-state index is 5.77. The van der Waals surface area contributed by atoms with E-state index in [1.807, 2.05) is 0 Å². The van der Waals surface area contributed by atoms with Crippen LogP contribution in [0.4, 0.5) is 0 Å². The highest BCUT2D eigenvalue weighted by molar-refractivity contribution is 4.84. The Morgan fingerprint density at radius 3 is 2.76 bits per heavy atom. The predicted molar refractivity (Wildman–Crippen MR) is 71.3 cm³/mol. The number of rotatable bonds is 8. The highest BCUT2D eigenvalue weighted by atomic mass is 16.5. The van der Waals surface area contributed by atoms with Crippen LogP contribution in [-0.4, -0.2) is 39.5 Å². The predicted octanol–water partition coefficient (Wildman–Crippen LogP) is 2.45. The van der Waals surface area contributed by atoms with Crippen molar-refractivity contribution in [1.29, 1.82) is 0 Å². The molecule has 0 bridgehead atoms. The third-order valence-electron chi connectivity index (χ3n) is 4.12. The van der Waals surface area contributed by atoms with Crippen molar-refractivity contribution in [3.63, 3.8) is 0 Å². The number of hydrogen-bond donors (Lipinski definition) is 1. The summed E-state index contributed by atoms with van der Waals surface area (Å²) in [6, 6.07) is 0. The van der Waals surface area contributed by atoms with E-state index in [-0.39, 0.29) is 0 Å². The van der Waals surface area contributed by atoms with Crippen LogP contribution < -0.4 is 5.32 Å². The molecular formula is C14H29NO2. The molecule has 1 saturated heterocycles. The molecule has 0 radical (unpaired) electrons. The standard InChI is InChI=1S/C14H29NO2/c1-12(2)14(3,11-15-7-9-16-4)10-13-6-5-8-17-13/h12-13,15H,5-11H2,1-4H3. The van der Waals surface area contributed by atoms with Gasteiger partial charge in [0, 0.05) is 26.8 Å². The van der Waals surface area contributed by atoms with Crippen molar-refractivity contribution in [3.05, 3.63) is 0 Å². The highest BCUT2D eigenvalue weighted by Gasteiger charge is 2.32. The quantitative estimate of drug-likeness (QED) is 0.664. The zero-order valence-corrected chi connectivity index (χ0v) is 11.9. The molecule has 102 valence electrons. The van der Waals surface area contributed by atoms with Gasteiger partial charge in [0.25, 0.3) is 0 Å². The van der Waals surface area contributed by atoms with Crippen LogP contribution in [0.5, 0.6) is 0 Å². The summed E-state index contributed by atoms with van der Waals surface area (Å²) in [7, 11) is 1.75. The summed E-state index contributed by atoms with van der Waals surface area (Å²) in [5.41, 5.74) is 0.322. The highest BCUT2D eigenvalue weighted by Crippen LogP contribution is 2.35. The fraction of sp³-hybridized carbons (Fsp3) is 1.00. The van der Waals surface area contributed by atoms with Crippen LogP contribution in [0.3, 0.4) is 0 Å². The van der Waals surface area contributed by atoms with Gasteiger partial charge in [0.05, 0.1) is 12.7 Å². The number of ether oxygens (including phenoxy) is 2. The fourth-order valence-electron chi connectivity index (χ4n) is 2.39. The molecule has 0 aromatic carbocycles. The maximum absolute atomic E-state index is 5.77. The average Bonchev–Trinajstić information content (AvgIpc) is 2.77. The first-order valence-electron chi connectivity index (χ1n) is 6.90. The molecule has 2 unspecified atom stereocenters. The fourth-order valence-corrected chi connectivity index (χ4v) is 2.39. The Bertz CT molecular complexity index is 202. The Morgan fingerprint density at radius 1 is 1.47 bits per heavy atom. The number of nitrogens with one attached hydrogen (secondary N) is 1. The van der Waals surface area contributed by atoms with Gasteiger partial charge in [-0.3, -0.25) is 0 Å². The van der Waals surface area contributed by atoms with Crippen molar-refractivity contribution in [2.75, 3.05) is 33.4 Å². The smallest absolute Gasteiger partial charge is 0.0587 e. The van der Waals surface area contributed by atoms with Gasteiger partial charge in [0.1, 0.15) is 0 Å². The van der Waals surface area contributed by atoms with Gasteiger partial charge in [-0.1, -0.05) is 20.8 Å². The Kier molecular flexibility index (Phi) is 6.45. The molecule has 1 heterocycles. The van der Waals surface area contributed by atoms with E-state index in [9.17, 15) is 0 Å². The third kappa shape index (κ3) is 4.94. The van der Waals surface area contributed by atoms with Gasteiger partial charge in [-0.15, -0.1) is 0 Å². The normalized spacial score (nSPS) is 24.2. The van der Waals surface area contributed by atoms with E-state index in [4.69, 9.17) is 9.47 Å². The molecule has 17 heavy (non-hydrogen) atoms. The van der Waals surface area contributed by atoms with Crippen LogP contribution in [0.15, 0.2) is 0 Å². The lowest BCUT2D eigenvalue weighted by molar-refractivity contribution is 0.0472. The number of hydrogen-bond acceptors (Lipinski definition) is 3. The van der Waals surface area contributed by atoms with Crippen LogP contribution in [0.25, 0.3) is 0 Å². The molecule has 0 aliphatic carbocycles.